The number of nitrogens with two attached hydrogens (primary N) is 1. The van der Waals surface area contributed by atoms with Gasteiger partial charge in [0.15, 0.2) is 0 Å². The molecular weight excluding hydrogens is 158 g/mol. The molecule has 0 spiro atoms. The molecule has 0 unspecified atom stereocenters. The summed E-state index contributed by atoms with van der Waals surface area (Å²) < 4.78 is 5.01. The third-order valence-corrected chi connectivity index (χ3v) is 1.58. The first-order valence-corrected chi connectivity index (χ1v) is 3.71. The average Bonchev–Trinajstić information content (AvgIpc) is 2.51. The number of hydrogen-bond acceptors (Lipinski definition) is 3. The standard InChI is InChI=1S/C8H11NO3/c9-6(3-4-8(10)11)7-2-1-5-12-7/h1-2,5-6H,3-4,9H2,(H,10,11)/t6-/m1/s1. The number of aliphatic carboxylic acids is 1. The van der Waals surface area contributed by atoms with Crippen LogP contribution in [0.5, 0.6) is 0 Å². The molecule has 3 N–H and O–H groups in total. The zero-order chi connectivity index (χ0) is 8.97. The van der Waals surface area contributed by atoms with Gasteiger partial charge in [0.2, 0.25) is 0 Å². The van der Waals surface area contributed by atoms with Gasteiger partial charge in [0.05, 0.1) is 12.3 Å². The lowest BCUT2D eigenvalue weighted by Crippen LogP contribution is -2.11. The number of hydrogen-bond donors (Lipinski definition) is 2. The zero-order valence-electron chi connectivity index (χ0n) is 6.56. The maximum atomic E-state index is 10.2. The van der Waals surface area contributed by atoms with Gasteiger partial charge in [0, 0.05) is 6.42 Å². The number of furan rings is 1. The third-order valence-electron chi connectivity index (χ3n) is 1.58. The van der Waals surface area contributed by atoms with Gasteiger partial charge in [0.25, 0.3) is 0 Å². The van der Waals surface area contributed by atoms with Crippen LogP contribution in [-0.4, -0.2) is 11.1 Å². The molecule has 0 aliphatic carbocycles. The van der Waals surface area contributed by atoms with E-state index in [4.69, 9.17) is 15.3 Å². The van der Waals surface area contributed by atoms with E-state index in [9.17, 15) is 4.79 Å². The first-order chi connectivity index (χ1) is 5.70. The lowest BCUT2D eigenvalue weighted by Gasteiger charge is -2.05. The van der Waals surface area contributed by atoms with Gasteiger partial charge in [-0.3, -0.25) is 4.79 Å². The molecule has 0 aliphatic rings. The Morgan fingerprint density at radius 1 is 1.75 bits per heavy atom. The van der Waals surface area contributed by atoms with E-state index in [-0.39, 0.29) is 12.5 Å². The lowest BCUT2D eigenvalue weighted by atomic mass is 10.1. The Balaban J connectivity index is 2.39. The van der Waals surface area contributed by atoms with Crippen LogP contribution in [-0.2, 0) is 4.79 Å². The molecule has 0 saturated heterocycles. The predicted octanol–water partition coefficient (Wildman–Crippen LogP) is 1.14. The highest BCUT2D eigenvalue weighted by molar-refractivity contribution is 5.66. The molecule has 4 nitrogen and oxygen atoms in total. The summed E-state index contributed by atoms with van der Waals surface area (Å²) in [5.41, 5.74) is 5.63. The van der Waals surface area contributed by atoms with Crippen LogP contribution in [0.3, 0.4) is 0 Å². The fraction of sp³-hybridized carbons (Fsp3) is 0.375. The van der Waals surface area contributed by atoms with E-state index in [2.05, 4.69) is 0 Å². The van der Waals surface area contributed by atoms with Gasteiger partial charge in [-0.25, -0.2) is 0 Å². The van der Waals surface area contributed by atoms with E-state index in [0.717, 1.165) is 0 Å². The summed E-state index contributed by atoms with van der Waals surface area (Å²) in [6, 6.07) is 3.17. The Kier molecular flexibility index (Phi) is 2.88. The fourth-order valence-corrected chi connectivity index (χ4v) is 0.923. The number of carbonyl (C=O) groups is 1. The van der Waals surface area contributed by atoms with Crippen molar-refractivity contribution in [2.24, 2.45) is 5.73 Å². The summed E-state index contributed by atoms with van der Waals surface area (Å²) in [5.74, 6) is -0.201. The Bertz CT molecular complexity index is 243. The number of rotatable bonds is 4. The van der Waals surface area contributed by atoms with Crippen LogP contribution < -0.4 is 5.73 Å². The third kappa shape index (κ3) is 2.39. The second-order valence-corrected chi connectivity index (χ2v) is 2.55. The van der Waals surface area contributed by atoms with E-state index in [1.54, 1.807) is 12.1 Å². The Labute approximate surface area is 70.0 Å². The van der Waals surface area contributed by atoms with Crippen molar-refractivity contribution in [1.29, 1.82) is 0 Å². The van der Waals surface area contributed by atoms with Crippen LogP contribution in [0.15, 0.2) is 22.8 Å². The molecule has 1 aromatic rings. The molecule has 12 heavy (non-hydrogen) atoms. The fourth-order valence-electron chi connectivity index (χ4n) is 0.923. The second kappa shape index (κ2) is 3.92. The van der Waals surface area contributed by atoms with Crippen LogP contribution in [0.4, 0.5) is 0 Å². The summed E-state index contributed by atoms with van der Waals surface area (Å²) in [5, 5.41) is 8.37. The Morgan fingerprint density at radius 2 is 2.50 bits per heavy atom. The monoisotopic (exact) mass is 169 g/mol. The highest BCUT2D eigenvalue weighted by Gasteiger charge is 2.09. The summed E-state index contributed by atoms with van der Waals surface area (Å²) in [7, 11) is 0. The molecule has 66 valence electrons. The van der Waals surface area contributed by atoms with Crippen LogP contribution in [0.1, 0.15) is 24.6 Å². The summed E-state index contributed by atoms with van der Waals surface area (Å²) >= 11 is 0. The first kappa shape index (κ1) is 8.80. The molecule has 0 saturated carbocycles. The van der Waals surface area contributed by atoms with Gasteiger partial charge in [-0.2, -0.15) is 0 Å². The van der Waals surface area contributed by atoms with E-state index in [0.29, 0.717) is 12.2 Å². The molecule has 1 aromatic heterocycles. The van der Waals surface area contributed by atoms with Gasteiger partial charge in [-0.15, -0.1) is 0 Å². The second-order valence-electron chi connectivity index (χ2n) is 2.55. The predicted molar refractivity (Wildman–Crippen MR) is 42.5 cm³/mol. The topological polar surface area (TPSA) is 76.5 Å². The average molecular weight is 169 g/mol. The van der Waals surface area contributed by atoms with Gasteiger partial charge in [0.1, 0.15) is 5.76 Å². The SMILES string of the molecule is N[C@H](CCC(=O)O)c1ccco1. The Morgan fingerprint density at radius 3 is 3.00 bits per heavy atom. The van der Waals surface area contributed by atoms with Crippen molar-refractivity contribution in [3.05, 3.63) is 24.2 Å². The van der Waals surface area contributed by atoms with E-state index in [1.807, 2.05) is 0 Å². The minimum Gasteiger partial charge on any atom is -0.481 e. The van der Waals surface area contributed by atoms with E-state index < -0.39 is 5.97 Å². The molecular formula is C8H11NO3. The normalized spacial score (nSPS) is 12.8. The van der Waals surface area contributed by atoms with Crippen molar-refractivity contribution in [2.45, 2.75) is 18.9 Å². The van der Waals surface area contributed by atoms with Crippen LogP contribution in [0, 0.1) is 0 Å². The van der Waals surface area contributed by atoms with Crippen LogP contribution in [0.25, 0.3) is 0 Å². The molecule has 1 rings (SSSR count). The van der Waals surface area contributed by atoms with Gasteiger partial charge in [-0.05, 0) is 18.6 Å². The zero-order valence-corrected chi connectivity index (χ0v) is 6.56. The first-order valence-electron chi connectivity index (χ1n) is 3.71. The van der Waals surface area contributed by atoms with Crippen molar-refractivity contribution in [3.63, 3.8) is 0 Å². The summed E-state index contributed by atoms with van der Waals surface area (Å²) in [6.07, 6.45) is 2.00. The van der Waals surface area contributed by atoms with Crippen LogP contribution >= 0.6 is 0 Å². The number of carboxylic acid groups (broad SMARTS) is 1. The van der Waals surface area contributed by atoms with Gasteiger partial charge in [-0.1, -0.05) is 0 Å². The lowest BCUT2D eigenvalue weighted by molar-refractivity contribution is -0.137. The molecule has 0 aliphatic heterocycles. The van der Waals surface area contributed by atoms with E-state index >= 15 is 0 Å². The quantitative estimate of drug-likeness (QED) is 0.708. The Hall–Kier alpha value is -1.29. The smallest absolute Gasteiger partial charge is 0.303 e. The molecule has 0 fully saturated rings. The summed E-state index contributed by atoms with van der Waals surface area (Å²) in [4.78, 5) is 10.2. The minimum atomic E-state index is -0.836. The van der Waals surface area contributed by atoms with Crippen molar-refractivity contribution in [3.8, 4) is 0 Å². The molecule has 1 atom stereocenters. The molecule has 0 bridgehead atoms. The molecule has 4 heteroatoms. The van der Waals surface area contributed by atoms with Crippen molar-refractivity contribution in [1.82, 2.24) is 0 Å². The van der Waals surface area contributed by atoms with Gasteiger partial charge >= 0.3 is 5.97 Å². The highest BCUT2D eigenvalue weighted by Crippen LogP contribution is 2.15. The maximum absolute atomic E-state index is 10.2. The van der Waals surface area contributed by atoms with E-state index in [1.165, 1.54) is 6.26 Å². The molecule has 1 heterocycles. The minimum absolute atomic E-state index is 0.0713. The van der Waals surface area contributed by atoms with Crippen molar-refractivity contribution in [2.75, 3.05) is 0 Å². The number of carboxylic acids is 1. The molecule has 0 aromatic carbocycles. The van der Waals surface area contributed by atoms with Crippen LogP contribution in [0.2, 0.25) is 0 Å². The summed E-state index contributed by atoms with van der Waals surface area (Å²) in [6.45, 7) is 0. The molecule has 0 radical (unpaired) electrons. The van der Waals surface area contributed by atoms with Crippen molar-refractivity contribution >= 4 is 5.97 Å². The highest BCUT2D eigenvalue weighted by atomic mass is 16.4. The van der Waals surface area contributed by atoms with Crippen molar-refractivity contribution < 1.29 is 14.3 Å². The maximum Gasteiger partial charge on any atom is 0.303 e. The van der Waals surface area contributed by atoms with Gasteiger partial charge < -0.3 is 15.3 Å². The largest absolute Gasteiger partial charge is 0.481 e. The molecule has 0 amide bonds.